The number of ether oxygens (including phenoxy) is 2. The molecule has 1 amide bonds. The molecular formula is C21H22N2O3. The molecule has 1 aliphatic heterocycles. The Labute approximate surface area is 153 Å². The van der Waals surface area contributed by atoms with Gasteiger partial charge in [0.15, 0.2) is 0 Å². The number of benzene rings is 2. The zero-order valence-corrected chi connectivity index (χ0v) is 15.6. The predicted molar refractivity (Wildman–Crippen MR) is 103 cm³/mol. The average molecular weight is 350 g/mol. The molecule has 1 N–H and O–H groups in total. The van der Waals surface area contributed by atoms with Crippen LogP contribution in [0.4, 0.5) is 0 Å². The Kier molecular flexibility index (Phi) is 4.80. The molecule has 0 bridgehead atoms. The van der Waals surface area contributed by atoms with Gasteiger partial charge < -0.3 is 14.8 Å². The van der Waals surface area contributed by atoms with Crippen LogP contribution in [-0.4, -0.2) is 26.0 Å². The van der Waals surface area contributed by atoms with E-state index in [1.165, 1.54) is 5.56 Å². The van der Waals surface area contributed by atoms with Crippen LogP contribution in [-0.2, 0) is 4.79 Å². The monoisotopic (exact) mass is 350 g/mol. The summed E-state index contributed by atoms with van der Waals surface area (Å²) in [6.45, 7) is 6.13. The first kappa shape index (κ1) is 17.7. The number of aliphatic imine (C=N–C) groups is 1. The average Bonchev–Trinajstić information content (AvgIpc) is 2.97. The zero-order valence-electron chi connectivity index (χ0n) is 15.6. The van der Waals surface area contributed by atoms with Crippen LogP contribution < -0.4 is 14.8 Å². The number of nitrogens with one attached hydrogen (secondary N) is 1. The van der Waals surface area contributed by atoms with Gasteiger partial charge in [-0.1, -0.05) is 23.8 Å². The number of rotatable bonds is 4. The maximum atomic E-state index is 12.5. The van der Waals surface area contributed by atoms with Crippen LogP contribution >= 0.6 is 0 Å². The highest BCUT2D eigenvalue weighted by molar-refractivity contribution is 6.21. The normalized spacial score (nSPS) is 15.0. The van der Waals surface area contributed by atoms with Gasteiger partial charge >= 0.3 is 0 Å². The van der Waals surface area contributed by atoms with Gasteiger partial charge in [0.05, 0.1) is 14.2 Å². The highest BCUT2D eigenvalue weighted by atomic mass is 16.5. The number of nitrogens with zero attached hydrogens (tertiary/aromatic N) is 1. The molecule has 2 aromatic rings. The molecule has 0 spiro atoms. The summed E-state index contributed by atoms with van der Waals surface area (Å²) < 4.78 is 10.8. The van der Waals surface area contributed by atoms with Crippen molar-refractivity contribution in [1.82, 2.24) is 5.32 Å². The molecule has 5 nitrogen and oxygen atoms in total. The van der Waals surface area contributed by atoms with E-state index in [0.717, 1.165) is 16.7 Å². The minimum atomic E-state index is -0.243. The lowest BCUT2D eigenvalue weighted by atomic mass is 9.99. The lowest BCUT2D eigenvalue weighted by molar-refractivity contribution is -0.115. The molecule has 3 rings (SSSR count). The standard InChI is InChI=1S/C21H22N2O3/c1-12-9-13(2)15(14(3)10-12)11-16-21(24)23-20(22-16)19-17(25-4)7-6-8-18(19)26-5/h6-11H,1-5H3,(H,22,23,24)/b16-11-. The third-order valence-electron chi connectivity index (χ3n) is 4.38. The molecule has 0 unspecified atom stereocenters. The van der Waals surface area contributed by atoms with Crippen molar-refractivity contribution in [2.75, 3.05) is 14.2 Å². The van der Waals surface area contributed by atoms with Crippen LogP contribution in [0.25, 0.3) is 6.08 Å². The minimum Gasteiger partial charge on any atom is -0.496 e. The van der Waals surface area contributed by atoms with Crippen molar-refractivity contribution in [2.45, 2.75) is 20.8 Å². The molecule has 1 aliphatic rings. The SMILES string of the molecule is COc1cccc(OC)c1C1=N/C(=C\c2c(C)cc(C)cc2C)C(=O)N1. The first-order valence-electron chi connectivity index (χ1n) is 8.35. The summed E-state index contributed by atoms with van der Waals surface area (Å²) in [5.74, 6) is 1.37. The van der Waals surface area contributed by atoms with Crippen LogP contribution in [0.3, 0.4) is 0 Å². The number of amides is 1. The Hall–Kier alpha value is -3.08. The minimum absolute atomic E-state index is 0.243. The number of methoxy groups -OCH3 is 2. The fourth-order valence-electron chi connectivity index (χ4n) is 3.23. The van der Waals surface area contributed by atoms with Crippen LogP contribution in [0.5, 0.6) is 11.5 Å². The van der Waals surface area contributed by atoms with Crippen molar-refractivity contribution >= 4 is 17.8 Å². The third-order valence-corrected chi connectivity index (χ3v) is 4.38. The van der Waals surface area contributed by atoms with Crippen LogP contribution in [0.15, 0.2) is 41.0 Å². The Morgan fingerprint density at radius 3 is 2.12 bits per heavy atom. The molecule has 0 aliphatic carbocycles. The second-order valence-corrected chi connectivity index (χ2v) is 6.29. The summed E-state index contributed by atoms with van der Waals surface area (Å²) in [4.78, 5) is 17.0. The quantitative estimate of drug-likeness (QED) is 0.858. The third kappa shape index (κ3) is 3.20. The molecule has 0 saturated heterocycles. The topological polar surface area (TPSA) is 59.9 Å². The van der Waals surface area contributed by atoms with Gasteiger partial charge in [0, 0.05) is 0 Å². The molecule has 0 saturated carbocycles. The summed E-state index contributed by atoms with van der Waals surface area (Å²) in [5.41, 5.74) is 5.43. The van der Waals surface area contributed by atoms with E-state index in [-0.39, 0.29) is 5.91 Å². The van der Waals surface area contributed by atoms with Crippen molar-refractivity contribution in [1.29, 1.82) is 0 Å². The highest BCUT2D eigenvalue weighted by Gasteiger charge is 2.26. The summed E-state index contributed by atoms with van der Waals surface area (Å²) >= 11 is 0. The van der Waals surface area contributed by atoms with Crippen molar-refractivity contribution in [3.05, 3.63) is 63.8 Å². The number of carbonyl (C=O) groups excluding carboxylic acids is 1. The molecule has 0 fully saturated rings. The number of amidine groups is 1. The van der Waals surface area contributed by atoms with E-state index in [9.17, 15) is 4.79 Å². The molecule has 0 radical (unpaired) electrons. The second kappa shape index (κ2) is 7.04. The Bertz CT molecular complexity index is 897. The van der Waals surface area contributed by atoms with Gasteiger partial charge in [-0.25, -0.2) is 4.99 Å². The van der Waals surface area contributed by atoms with Crippen molar-refractivity contribution in [3.8, 4) is 11.5 Å². The molecule has 0 atom stereocenters. The van der Waals surface area contributed by atoms with Gasteiger partial charge in [-0.05, 0) is 55.7 Å². The smallest absolute Gasteiger partial charge is 0.275 e. The number of carbonyl (C=O) groups is 1. The van der Waals surface area contributed by atoms with E-state index < -0.39 is 0 Å². The van der Waals surface area contributed by atoms with Crippen molar-refractivity contribution < 1.29 is 14.3 Å². The van der Waals surface area contributed by atoms with E-state index in [1.54, 1.807) is 14.2 Å². The van der Waals surface area contributed by atoms with Gasteiger partial charge in [-0.3, -0.25) is 4.79 Å². The molecule has 26 heavy (non-hydrogen) atoms. The van der Waals surface area contributed by atoms with Crippen LogP contribution in [0, 0.1) is 20.8 Å². The fourth-order valence-corrected chi connectivity index (χ4v) is 3.23. The maximum absolute atomic E-state index is 12.5. The van der Waals surface area contributed by atoms with Crippen LogP contribution in [0.1, 0.15) is 27.8 Å². The van der Waals surface area contributed by atoms with Crippen molar-refractivity contribution in [2.24, 2.45) is 4.99 Å². The second-order valence-electron chi connectivity index (χ2n) is 6.29. The number of hydrogen-bond acceptors (Lipinski definition) is 4. The highest BCUT2D eigenvalue weighted by Crippen LogP contribution is 2.31. The maximum Gasteiger partial charge on any atom is 0.275 e. The first-order valence-corrected chi connectivity index (χ1v) is 8.35. The Balaban J connectivity index is 2.09. The predicted octanol–water partition coefficient (Wildman–Crippen LogP) is 3.55. The summed E-state index contributed by atoms with van der Waals surface area (Å²) in [5, 5.41) is 2.82. The fraction of sp³-hybridized carbons (Fsp3) is 0.238. The number of hydrogen-bond donors (Lipinski definition) is 1. The number of aryl methyl sites for hydroxylation is 3. The molecular weight excluding hydrogens is 328 g/mol. The van der Waals surface area contributed by atoms with Crippen LogP contribution in [0.2, 0.25) is 0 Å². The van der Waals surface area contributed by atoms with E-state index in [2.05, 4.69) is 29.4 Å². The van der Waals surface area contributed by atoms with E-state index in [1.807, 2.05) is 38.1 Å². The lowest BCUT2D eigenvalue weighted by Gasteiger charge is -2.12. The molecule has 5 heteroatoms. The summed E-state index contributed by atoms with van der Waals surface area (Å²) in [6.07, 6.45) is 1.83. The summed E-state index contributed by atoms with van der Waals surface area (Å²) in [6, 6.07) is 9.64. The van der Waals surface area contributed by atoms with E-state index in [4.69, 9.17) is 9.47 Å². The molecule has 134 valence electrons. The van der Waals surface area contributed by atoms with Crippen molar-refractivity contribution in [3.63, 3.8) is 0 Å². The molecule has 1 heterocycles. The molecule has 2 aromatic carbocycles. The first-order chi connectivity index (χ1) is 12.4. The Morgan fingerprint density at radius 2 is 1.58 bits per heavy atom. The van der Waals surface area contributed by atoms with Gasteiger partial charge in [-0.2, -0.15) is 0 Å². The van der Waals surface area contributed by atoms with E-state index in [0.29, 0.717) is 28.6 Å². The Morgan fingerprint density at radius 1 is 1.00 bits per heavy atom. The largest absolute Gasteiger partial charge is 0.496 e. The molecule has 0 aromatic heterocycles. The van der Waals surface area contributed by atoms with Gasteiger partial charge in [0.1, 0.15) is 28.6 Å². The van der Waals surface area contributed by atoms with E-state index >= 15 is 0 Å². The van der Waals surface area contributed by atoms with Gasteiger partial charge in [0.2, 0.25) is 0 Å². The van der Waals surface area contributed by atoms with Gasteiger partial charge in [0.25, 0.3) is 5.91 Å². The lowest BCUT2D eigenvalue weighted by Crippen LogP contribution is -2.25. The summed E-state index contributed by atoms with van der Waals surface area (Å²) in [7, 11) is 3.15. The zero-order chi connectivity index (χ0) is 18.8. The van der Waals surface area contributed by atoms with Gasteiger partial charge in [-0.15, -0.1) is 0 Å².